The lowest BCUT2D eigenvalue weighted by atomic mass is 10.1. The summed E-state index contributed by atoms with van der Waals surface area (Å²) in [5, 5.41) is 12.8. The summed E-state index contributed by atoms with van der Waals surface area (Å²) in [4.78, 5) is 17.8. The summed E-state index contributed by atoms with van der Waals surface area (Å²) >= 11 is 0. The summed E-state index contributed by atoms with van der Waals surface area (Å²) in [6, 6.07) is 7.29. The van der Waals surface area contributed by atoms with Crippen LogP contribution < -0.4 is 5.32 Å². The Balaban J connectivity index is 1.66. The van der Waals surface area contributed by atoms with Gasteiger partial charge in [-0.1, -0.05) is 12.1 Å². The summed E-state index contributed by atoms with van der Waals surface area (Å²) in [5.41, 5.74) is 3.05. The highest BCUT2D eigenvalue weighted by Crippen LogP contribution is 2.25. The summed E-state index contributed by atoms with van der Waals surface area (Å²) < 4.78 is 15.8. The lowest BCUT2D eigenvalue weighted by Crippen LogP contribution is -2.13. The second-order valence-corrected chi connectivity index (χ2v) is 7.29. The minimum atomic E-state index is -1.13. The summed E-state index contributed by atoms with van der Waals surface area (Å²) in [6.07, 6.45) is 4.50. The number of hydrogen-bond acceptors (Lipinski definition) is 6. The van der Waals surface area contributed by atoms with E-state index in [4.69, 9.17) is 0 Å². The number of alkyl halides is 1. The molecule has 150 valence electrons. The number of rotatable bonds is 6. The Bertz CT molecular complexity index is 1070. The molecule has 0 saturated heterocycles. The van der Waals surface area contributed by atoms with Crippen molar-refractivity contribution in [3.05, 3.63) is 48.1 Å². The number of allylic oxidation sites excluding steroid dienone is 1. The summed E-state index contributed by atoms with van der Waals surface area (Å²) in [6.45, 7) is 4.87. The molecule has 0 spiro atoms. The van der Waals surface area contributed by atoms with E-state index in [1.165, 1.54) is 6.08 Å². The first-order chi connectivity index (χ1) is 14.0. The van der Waals surface area contributed by atoms with E-state index in [0.29, 0.717) is 34.9 Å². The Kier molecular flexibility index (Phi) is 5.24. The molecule has 0 aliphatic carbocycles. The molecule has 1 unspecified atom stereocenters. The quantitative estimate of drug-likeness (QED) is 0.667. The molecule has 1 atom stereocenters. The number of nitrogens with zero attached hydrogens (tertiary/aromatic N) is 5. The molecule has 0 radical (unpaired) electrons. The van der Waals surface area contributed by atoms with E-state index in [1.54, 1.807) is 24.7 Å². The zero-order valence-corrected chi connectivity index (χ0v) is 16.4. The molecule has 2 aromatic heterocycles. The van der Waals surface area contributed by atoms with E-state index in [-0.39, 0.29) is 18.3 Å². The molecule has 1 aliphatic rings. The minimum Gasteiger partial charge on any atom is -0.508 e. The highest BCUT2D eigenvalue weighted by atomic mass is 19.1. The largest absolute Gasteiger partial charge is 0.508 e. The van der Waals surface area contributed by atoms with Gasteiger partial charge in [0.15, 0.2) is 17.3 Å². The number of aromatic hydroxyl groups is 1. The predicted octanol–water partition coefficient (Wildman–Crippen LogP) is 3.57. The fourth-order valence-corrected chi connectivity index (χ4v) is 3.21. The van der Waals surface area contributed by atoms with Crippen LogP contribution in [0.5, 0.6) is 5.75 Å². The number of aliphatic imine (C=N–C) groups is 1. The van der Waals surface area contributed by atoms with Gasteiger partial charge >= 0.3 is 0 Å². The maximum Gasteiger partial charge on any atom is 0.166 e. The van der Waals surface area contributed by atoms with E-state index < -0.39 is 6.17 Å². The van der Waals surface area contributed by atoms with E-state index >= 15 is 0 Å². The fourth-order valence-electron chi connectivity index (χ4n) is 3.21. The van der Waals surface area contributed by atoms with Gasteiger partial charge in [0.05, 0.1) is 12.9 Å². The van der Waals surface area contributed by atoms with E-state index in [0.717, 1.165) is 12.0 Å². The third-order valence-corrected chi connectivity index (χ3v) is 4.75. The van der Waals surface area contributed by atoms with Crippen LogP contribution in [0.1, 0.15) is 31.3 Å². The monoisotopic (exact) mass is 394 g/mol. The smallest absolute Gasteiger partial charge is 0.166 e. The number of nitrogens with one attached hydrogen (secondary N) is 1. The number of halogens is 1. The number of benzene rings is 1. The Morgan fingerprint density at radius 1 is 1.24 bits per heavy atom. The second-order valence-electron chi connectivity index (χ2n) is 7.29. The lowest BCUT2D eigenvalue weighted by molar-refractivity contribution is 0.409. The van der Waals surface area contributed by atoms with Gasteiger partial charge in [-0.05, 0) is 44.0 Å². The number of imidazole rings is 1. The average Bonchev–Trinajstić information content (AvgIpc) is 3.14. The zero-order valence-electron chi connectivity index (χ0n) is 16.4. The number of phenolic OH excluding ortho intramolecular Hbond substituents is 1. The molecule has 0 amide bonds. The number of fused-ring (bicyclic) bond motifs is 1. The molecule has 7 nitrogen and oxygen atoms in total. The van der Waals surface area contributed by atoms with Crippen molar-refractivity contribution in [3.63, 3.8) is 0 Å². The standard InChI is InChI=1S/C21H23FN6O/c1-13(2)28-12-25-18-20(24-8-7-14-3-5-17(29)6-4-14)26-19(27-21(18)28)15-9-16(22)11-23-10-15/h3-6,9-10,12-13,16,29H,7-8,11H2,1-2H3,(H,24,26,27). The van der Waals surface area contributed by atoms with Crippen LogP contribution >= 0.6 is 0 Å². The van der Waals surface area contributed by atoms with Gasteiger partial charge in [-0.2, -0.15) is 0 Å². The van der Waals surface area contributed by atoms with Crippen LogP contribution in [0.25, 0.3) is 16.7 Å². The predicted molar refractivity (Wildman–Crippen MR) is 112 cm³/mol. The van der Waals surface area contributed by atoms with Gasteiger partial charge in [-0.3, -0.25) is 4.99 Å². The zero-order chi connectivity index (χ0) is 20.4. The number of phenols is 1. The van der Waals surface area contributed by atoms with Gasteiger partial charge < -0.3 is 15.0 Å². The normalized spacial score (nSPS) is 16.4. The average molecular weight is 394 g/mol. The molecule has 8 heteroatoms. The first-order valence-corrected chi connectivity index (χ1v) is 9.63. The van der Waals surface area contributed by atoms with Gasteiger partial charge in [0.1, 0.15) is 17.4 Å². The molecule has 0 saturated carbocycles. The maximum absolute atomic E-state index is 13.8. The first-order valence-electron chi connectivity index (χ1n) is 9.63. The molecule has 29 heavy (non-hydrogen) atoms. The molecule has 2 N–H and O–H groups in total. The van der Waals surface area contributed by atoms with Crippen molar-refractivity contribution in [2.75, 3.05) is 18.4 Å². The van der Waals surface area contributed by atoms with Crippen molar-refractivity contribution < 1.29 is 9.50 Å². The van der Waals surface area contributed by atoms with Crippen molar-refractivity contribution in [1.82, 2.24) is 19.5 Å². The molecule has 3 aromatic rings. The molecular weight excluding hydrogens is 371 g/mol. The first kappa shape index (κ1) is 19.0. The van der Waals surface area contributed by atoms with Gasteiger partial charge in [-0.25, -0.2) is 19.3 Å². The minimum absolute atomic E-state index is 0.132. The van der Waals surface area contributed by atoms with Crippen LogP contribution in [-0.4, -0.2) is 50.1 Å². The third kappa shape index (κ3) is 4.11. The second kappa shape index (κ2) is 7.98. The molecule has 3 heterocycles. The number of aromatic nitrogens is 4. The number of hydrogen-bond donors (Lipinski definition) is 2. The van der Waals surface area contributed by atoms with Gasteiger partial charge in [-0.15, -0.1) is 0 Å². The molecular formula is C21H23FN6O. The number of dihydropyridines is 1. The third-order valence-electron chi connectivity index (χ3n) is 4.75. The van der Waals surface area contributed by atoms with E-state index in [1.807, 2.05) is 16.7 Å². The molecule has 1 aromatic carbocycles. The summed E-state index contributed by atoms with van der Waals surface area (Å²) in [5.74, 6) is 1.29. The lowest BCUT2D eigenvalue weighted by Gasteiger charge is -2.13. The Hall–Kier alpha value is -3.29. The van der Waals surface area contributed by atoms with E-state index in [2.05, 4.69) is 39.1 Å². The summed E-state index contributed by atoms with van der Waals surface area (Å²) in [7, 11) is 0. The fraction of sp³-hybridized carbons (Fsp3) is 0.333. The van der Waals surface area contributed by atoms with Crippen LogP contribution in [0, 0.1) is 0 Å². The van der Waals surface area contributed by atoms with Crippen molar-refractivity contribution in [3.8, 4) is 5.75 Å². The van der Waals surface area contributed by atoms with E-state index in [9.17, 15) is 9.50 Å². The van der Waals surface area contributed by atoms with Crippen molar-refractivity contribution in [2.24, 2.45) is 4.99 Å². The van der Waals surface area contributed by atoms with Crippen LogP contribution in [-0.2, 0) is 6.42 Å². The molecule has 0 bridgehead atoms. The van der Waals surface area contributed by atoms with Crippen molar-refractivity contribution in [2.45, 2.75) is 32.5 Å². The Labute approximate surface area is 168 Å². The molecule has 0 fully saturated rings. The highest BCUT2D eigenvalue weighted by Gasteiger charge is 2.18. The van der Waals surface area contributed by atoms with Gasteiger partial charge in [0.2, 0.25) is 0 Å². The van der Waals surface area contributed by atoms with Crippen LogP contribution in [0.15, 0.2) is 41.7 Å². The SMILES string of the molecule is CC(C)n1cnc2c(NCCc3ccc(O)cc3)nc(C3=CC(F)CN=C3)nc21. The molecule has 4 rings (SSSR count). The van der Waals surface area contributed by atoms with Gasteiger partial charge in [0.25, 0.3) is 0 Å². The van der Waals surface area contributed by atoms with Crippen molar-refractivity contribution >= 4 is 28.8 Å². The Morgan fingerprint density at radius 3 is 2.76 bits per heavy atom. The topological polar surface area (TPSA) is 88.2 Å². The number of anilines is 1. The van der Waals surface area contributed by atoms with Crippen LogP contribution in [0.2, 0.25) is 0 Å². The van der Waals surface area contributed by atoms with Crippen LogP contribution in [0.4, 0.5) is 10.2 Å². The van der Waals surface area contributed by atoms with Crippen LogP contribution in [0.3, 0.4) is 0 Å². The highest BCUT2D eigenvalue weighted by molar-refractivity contribution is 6.09. The molecule has 1 aliphatic heterocycles. The van der Waals surface area contributed by atoms with Crippen molar-refractivity contribution in [1.29, 1.82) is 0 Å². The van der Waals surface area contributed by atoms with Gasteiger partial charge in [0, 0.05) is 24.4 Å². The maximum atomic E-state index is 13.8. The Morgan fingerprint density at radius 2 is 2.03 bits per heavy atom.